The quantitative estimate of drug-likeness (QED) is 0.635. The molecular formula is C19H22ClN5O3. The van der Waals surface area contributed by atoms with Crippen LogP contribution in [0.5, 0.6) is 0 Å². The van der Waals surface area contributed by atoms with E-state index in [0.29, 0.717) is 47.2 Å². The summed E-state index contributed by atoms with van der Waals surface area (Å²) in [5, 5.41) is 10.9. The fourth-order valence-electron chi connectivity index (χ4n) is 3.78. The SMILES string of the molecule is CC(C)(C)C1CN(c2nc(N)nc3c2oc2ccc(Cl)cc23)CCN1C(=O)O. The lowest BCUT2D eigenvalue weighted by Crippen LogP contribution is -2.59. The molecule has 1 amide bonds. The van der Waals surface area contributed by atoms with Crippen LogP contribution in [0.2, 0.25) is 5.02 Å². The number of benzene rings is 1. The standard InChI is InChI=1S/C19H22ClN5O3/c1-19(2,3)13-9-24(6-7-25(13)18(26)27)16-15-14(22-17(21)23-16)11-8-10(20)4-5-12(11)28-15/h4-5,8,13H,6-7,9H2,1-3H3,(H,26,27)(H2,21,22,23). The first-order valence-electron chi connectivity index (χ1n) is 9.05. The summed E-state index contributed by atoms with van der Waals surface area (Å²) in [6, 6.07) is 5.13. The molecule has 1 saturated heterocycles. The van der Waals surface area contributed by atoms with E-state index >= 15 is 0 Å². The van der Waals surface area contributed by atoms with Crippen molar-refractivity contribution in [1.29, 1.82) is 0 Å². The fourth-order valence-corrected chi connectivity index (χ4v) is 3.95. The van der Waals surface area contributed by atoms with Gasteiger partial charge in [0.25, 0.3) is 0 Å². The Morgan fingerprint density at radius 1 is 1.32 bits per heavy atom. The number of aromatic nitrogens is 2. The number of amides is 1. The average Bonchev–Trinajstić information content (AvgIpc) is 2.97. The molecule has 1 unspecified atom stereocenters. The lowest BCUT2D eigenvalue weighted by Gasteiger charge is -2.46. The molecule has 0 bridgehead atoms. The van der Waals surface area contributed by atoms with E-state index in [4.69, 9.17) is 21.8 Å². The van der Waals surface area contributed by atoms with E-state index in [1.165, 1.54) is 4.90 Å². The summed E-state index contributed by atoms with van der Waals surface area (Å²) in [7, 11) is 0. The van der Waals surface area contributed by atoms with Crippen LogP contribution in [0.25, 0.3) is 22.1 Å². The van der Waals surface area contributed by atoms with E-state index < -0.39 is 6.09 Å². The molecule has 3 N–H and O–H groups in total. The zero-order chi connectivity index (χ0) is 20.2. The van der Waals surface area contributed by atoms with Gasteiger partial charge in [-0.25, -0.2) is 9.78 Å². The van der Waals surface area contributed by atoms with Crippen molar-refractivity contribution >= 4 is 51.5 Å². The molecule has 1 fully saturated rings. The van der Waals surface area contributed by atoms with Crippen LogP contribution in [0, 0.1) is 5.41 Å². The van der Waals surface area contributed by atoms with Crippen molar-refractivity contribution in [2.24, 2.45) is 5.41 Å². The highest BCUT2D eigenvalue weighted by Crippen LogP contribution is 2.37. The number of furan rings is 1. The van der Waals surface area contributed by atoms with Crippen molar-refractivity contribution in [3.63, 3.8) is 0 Å². The molecular weight excluding hydrogens is 382 g/mol. The van der Waals surface area contributed by atoms with Crippen LogP contribution in [0.15, 0.2) is 22.6 Å². The molecule has 0 saturated carbocycles. The Kier molecular flexibility index (Phi) is 4.26. The van der Waals surface area contributed by atoms with Crippen LogP contribution >= 0.6 is 11.6 Å². The van der Waals surface area contributed by atoms with E-state index in [-0.39, 0.29) is 17.4 Å². The predicted octanol–water partition coefficient (Wildman–Crippen LogP) is 3.83. The highest BCUT2D eigenvalue weighted by atomic mass is 35.5. The summed E-state index contributed by atoms with van der Waals surface area (Å²) >= 11 is 6.13. The molecule has 1 aliphatic rings. The van der Waals surface area contributed by atoms with Crippen LogP contribution in [0.3, 0.4) is 0 Å². The number of halogens is 1. The molecule has 2 aromatic heterocycles. The van der Waals surface area contributed by atoms with Crippen molar-refractivity contribution in [1.82, 2.24) is 14.9 Å². The van der Waals surface area contributed by atoms with Crippen molar-refractivity contribution in [3.05, 3.63) is 23.2 Å². The van der Waals surface area contributed by atoms with Gasteiger partial charge in [0.15, 0.2) is 11.4 Å². The number of anilines is 2. The summed E-state index contributed by atoms with van der Waals surface area (Å²) in [6.07, 6.45) is -0.912. The third-order valence-corrected chi connectivity index (χ3v) is 5.43. The van der Waals surface area contributed by atoms with Crippen molar-refractivity contribution in [3.8, 4) is 0 Å². The molecule has 0 radical (unpaired) electrons. The van der Waals surface area contributed by atoms with E-state index in [0.717, 1.165) is 5.39 Å². The number of nitrogen functional groups attached to an aromatic ring is 1. The number of hydrogen-bond donors (Lipinski definition) is 2. The van der Waals surface area contributed by atoms with Gasteiger partial charge in [0.2, 0.25) is 5.95 Å². The number of carbonyl (C=O) groups is 1. The number of rotatable bonds is 1. The first kappa shape index (κ1) is 18.6. The number of nitrogens with two attached hydrogens (primary N) is 1. The largest absolute Gasteiger partial charge is 0.465 e. The molecule has 3 aromatic rings. The summed E-state index contributed by atoms with van der Waals surface area (Å²) in [4.78, 5) is 24.0. The second-order valence-electron chi connectivity index (χ2n) is 8.13. The second-order valence-corrected chi connectivity index (χ2v) is 8.57. The van der Waals surface area contributed by atoms with Crippen LogP contribution in [0.1, 0.15) is 20.8 Å². The molecule has 1 aliphatic heterocycles. The number of hydrogen-bond acceptors (Lipinski definition) is 6. The van der Waals surface area contributed by atoms with Gasteiger partial charge in [0, 0.05) is 30.0 Å². The number of fused-ring (bicyclic) bond motifs is 3. The number of nitrogens with zero attached hydrogens (tertiary/aromatic N) is 4. The summed E-state index contributed by atoms with van der Waals surface area (Å²) in [5.41, 5.74) is 7.53. The minimum atomic E-state index is -0.912. The third-order valence-electron chi connectivity index (χ3n) is 5.20. The Balaban J connectivity index is 1.83. The maximum absolute atomic E-state index is 11.7. The molecule has 0 aliphatic carbocycles. The molecule has 1 aromatic carbocycles. The molecule has 4 rings (SSSR count). The van der Waals surface area contributed by atoms with Crippen LogP contribution in [-0.2, 0) is 0 Å². The number of piperazine rings is 1. The first-order valence-corrected chi connectivity index (χ1v) is 9.43. The van der Waals surface area contributed by atoms with Gasteiger partial charge >= 0.3 is 6.09 Å². The molecule has 28 heavy (non-hydrogen) atoms. The minimum Gasteiger partial charge on any atom is -0.465 e. The van der Waals surface area contributed by atoms with Crippen molar-refractivity contribution in [2.45, 2.75) is 26.8 Å². The lowest BCUT2D eigenvalue weighted by molar-refractivity contribution is 0.0747. The Bertz CT molecular complexity index is 1070. The van der Waals surface area contributed by atoms with Gasteiger partial charge in [-0.2, -0.15) is 4.98 Å². The van der Waals surface area contributed by atoms with Crippen LogP contribution in [0.4, 0.5) is 16.6 Å². The van der Waals surface area contributed by atoms with E-state index in [1.54, 1.807) is 18.2 Å². The smallest absolute Gasteiger partial charge is 0.407 e. The zero-order valence-electron chi connectivity index (χ0n) is 15.9. The Morgan fingerprint density at radius 3 is 2.75 bits per heavy atom. The fraction of sp³-hybridized carbons (Fsp3) is 0.421. The van der Waals surface area contributed by atoms with Gasteiger partial charge < -0.3 is 25.1 Å². The number of carboxylic acid groups (broad SMARTS) is 1. The van der Waals surface area contributed by atoms with E-state index in [9.17, 15) is 9.90 Å². The van der Waals surface area contributed by atoms with Crippen molar-refractivity contribution in [2.75, 3.05) is 30.3 Å². The highest BCUT2D eigenvalue weighted by molar-refractivity contribution is 6.31. The highest BCUT2D eigenvalue weighted by Gasteiger charge is 2.39. The summed E-state index contributed by atoms with van der Waals surface area (Å²) in [5.74, 6) is 0.715. The van der Waals surface area contributed by atoms with E-state index in [1.807, 2.05) is 25.7 Å². The van der Waals surface area contributed by atoms with Gasteiger partial charge in [-0.1, -0.05) is 32.4 Å². The van der Waals surface area contributed by atoms with Gasteiger partial charge in [-0.05, 0) is 23.6 Å². The average molecular weight is 404 g/mol. The van der Waals surface area contributed by atoms with Gasteiger partial charge in [-0.3, -0.25) is 0 Å². The normalized spacial score (nSPS) is 18.2. The van der Waals surface area contributed by atoms with Crippen LogP contribution < -0.4 is 10.6 Å². The van der Waals surface area contributed by atoms with Gasteiger partial charge in [-0.15, -0.1) is 0 Å². The second kappa shape index (κ2) is 6.41. The maximum Gasteiger partial charge on any atom is 0.407 e. The van der Waals surface area contributed by atoms with Gasteiger partial charge in [0.05, 0.1) is 6.04 Å². The third kappa shape index (κ3) is 3.07. The first-order chi connectivity index (χ1) is 13.1. The Morgan fingerprint density at radius 2 is 2.07 bits per heavy atom. The van der Waals surface area contributed by atoms with Crippen molar-refractivity contribution < 1.29 is 14.3 Å². The predicted molar refractivity (Wildman–Crippen MR) is 109 cm³/mol. The molecule has 1 atom stereocenters. The van der Waals surface area contributed by atoms with Crippen LogP contribution in [-0.4, -0.2) is 51.7 Å². The Labute approximate surface area is 166 Å². The minimum absolute atomic E-state index is 0.137. The lowest BCUT2D eigenvalue weighted by atomic mass is 9.84. The molecule has 9 heteroatoms. The Hall–Kier alpha value is -2.74. The zero-order valence-corrected chi connectivity index (χ0v) is 16.7. The molecule has 3 heterocycles. The topological polar surface area (TPSA) is 109 Å². The monoisotopic (exact) mass is 403 g/mol. The maximum atomic E-state index is 11.7. The van der Waals surface area contributed by atoms with Gasteiger partial charge in [0.1, 0.15) is 11.1 Å². The van der Waals surface area contributed by atoms with E-state index in [2.05, 4.69) is 9.97 Å². The summed E-state index contributed by atoms with van der Waals surface area (Å²) < 4.78 is 6.03. The molecule has 0 spiro atoms. The summed E-state index contributed by atoms with van der Waals surface area (Å²) in [6.45, 7) is 7.44. The molecule has 8 nitrogen and oxygen atoms in total. The molecule has 148 valence electrons.